The summed E-state index contributed by atoms with van der Waals surface area (Å²) in [6, 6.07) is 9.66. The molecular weight excluding hydrogens is 242 g/mol. The Morgan fingerprint density at radius 3 is 2.79 bits per heavy atom. The van der Waals surface area contributed by atoms with Crippen LogP contribution in [0.5, 0.6) is 0 Å². The minimum atomic E-state index is 0.374. The van der Waals surface area contributed by atoms with Crippen LogP contribution in [0.1, 0.15) is 16.2 Å². The highest BCUT2D eigenvalue weighted by molar-refractivity contribution is 5.69. The monoisotopic (exact) mass is 252 g/mol. The smallest absolute Gasteiger partial charge is 0.185 e. The third kappa shape index (κ3) is 2.30. The molecule has 0 aliphatic carbocycles. The average molecular weight is 252 g/mol. The van der Waals surface area contributed by atoms with Crippen LogP contribution in [0, 0.1) is 6.20 Å². The van der Waals surface area contributed by atoms with Crippen LogP contribution in [0.15, 0.2) is 47.2 Å². The van der Waals surface area contributed by atoms with Gasteiger partial charge in [-0.05, 0) is 5.56 Å². The predicted molar refractivity (Wildman–Crippen MR) is 67.5 cm³/mol. The second kappa shape index (κ2) is 4.89. The van der Waals surface area contributed by atoms with E-state index in [0.717, 1.165) is 23.2 Å². The van der Waals surface area contributed by atoms with Gasteiger partial charge in [0, 0.05) is 18.2 Å². The first kappa shape index (κ1) is 11.4. The lowest BCUT2D eigenvalue weighted by atomic mass is 10.1. The zero-order valence-electron chi connectivity index (χ0n) is 9.98. The molecule has 2 aromatic heterocycles. The molecule has 1 radical (unpaired) electrons. The Morgan fingerprint density at radius 2 is 2.11 bits per heavy atom. The third-order valence-corrected chi connectivity index (χ3v) is 2.81. The zero-order valence-corrected chi connectivity index (χ0v) is 9.98. The maximum atomic E-state index is 10.8. The maximum absolute atomic E-state index is 10.8. The molecule has 3 aromatic rings. The normalized spacial score (nSPS) is 10.5. The van der Waals surface area contributed by atoms with Crippen LogP contribution in [0.25, 0.3) is 11.3 Å². The van der Waals surface area contributed by atoms with E-state index in [9.17, 15) is 4.79 Å². The quantitative estimate of drug-likeness (QED) is 0.668. The molecule has 0 unspecified atom stereocenters. The topological polar surface area (TPSA) is 60.9 Å². The fourth-order valence-electron chi connectivity index (χ4n) is 1.84. The van der Waals surface area contributed by atoms with Gasteiger partial charge < -0.3 is 9.09 Å². The summed E-state index contributed by atoms with van der Waals surface area (Å²) in [7, 11) is 0. The lowest BCUT2D eigenvalue weighted by Gasteiger charge is -2.04. The van der Waals surface area contributed by atoms with E-state index in [1.165, 1.54) is 6.20 Å². The van der Waals surface area contributed by atoms with Crippen molar-refractivity contribution in [1.29, 1.82) is 0 Å². The molecule has 1 aromatic carbocycles. The highest BCUT2D eigenvalue weighted by Gasteiger charge is 2.04. The fraction of sp³-hybridized carbons (Fsp3) is 0.0714. The van der Waals surface area contributed by atoms with Crippen molar-refractivity contribution in [3.63, 3.8) is 0 Å². The van der Waals surface area contributed by atoms with Gasteiger partial charge >= 0.3 is 0 Å². The number of aldehydes is 1. The molecule has 93 valence electrons. The van der Waals surface area contributed by atoms with Crippen molar-refractivity contribution in [3.8, 4) is 11.3 Å². The Kier molecular flexibility index (Phi) is 2.94. The van der Waals surface area contributed by atoms with Crippen LogP contribution >= 0.6 is 0 Å². The van der Waals surface area contributed by atoms with Crippen molar-refractivity contribution in [3.05, 3.63) is 60.3 Å². The van der Waals surface area contributed by atoms with Gasteiger partial charge in [0.25, 0.3) is 0 Å². The molecule has 0 saturated carbocycles. The molecule has 0 N–H and O–H groups in total. The molecular formula is C14H10N3O2. The van der Waals surface area contributed by atoms with Gasteiger partial charge in [0.1, 0.15) is 0 Å². The summed E-state index contributed by atoms with van der Waals surface area (Å²) in [5.74, 6) is 1.11. The SMILES string of the molecule is O=Cc1nc[c]n1Cc1ccc(-c2ccno2)cc1. The van der Waals surface area contributed by atoms with Crippen molar-refractivity contribution in [2.24, 2.45) is 0 Å². The lowest BCUT2D eigenvalue weighted by molar-refractivity contribution is 0.111. The van der Waals surface area contributed by atoms with E-state index in [1.54, 1.807) is 10.8 Å². The van der Waals surface area contributed by atoms with E-state index in [1.807, 2.05) is 30.3 Å². The molecule has 19 heavy (non-hydrogen) atoms. The summed E-state index contributed by atoms with van der Waals surface area (Å²) in [5.41, 5.74) is 2.02. The number of benzene rings is 1. The van der Waals surface area contributed by atoms with Crippen molar-refractivity contribution < 1.29 is 9.32 Å². The summed E-state index contributed by atoms with van der Waals surface area (Å²) in [4.78, 5) is 14.7. The Hall–Kier alpha value is -2.69. The standard InChI is InChI=1S/C14H10N3O2/c18-10-14-15-7-8-17(14)9-11-1-3-12(4-2-11)13-5-6-16-19-13/h1-7,10H,9H2. The molecule has 0 spiro atoms. The van der Waals surface area contributed by atoms with Crippen molar-refractivity contribution in [2.75, 3.05) is 0 Å². The van der Waals surface area contributed by atoms with Crippen LogP contribution in [0.2, 0.25) is 0 Å². The number of nitrogens with zero attached hydrogens (tertiary/aromatic N) is 3. The molecule has 0 amide bonds. The van der Waals surface area contributed by atoms with Crippen molar-refractivity contribution >= 4 is 6.29 Å². The van der Waals surface area contributed by atoms with E-state index in [4.69, 9.17) is 4.52 Å². The van der Waals surface area contributed by atoms with Crippen LogP contribution in [-0.4, -0.2) is 21.0 Å². The van der Waals surface area contributed by atoms with Crippen molar-refractivity contribution in [2.45, 2.75) is 6.54 Å². The zero-order chi connectivity index (χ0) is 13.1. The third-order valence-electron chi connectivity index (χ3n) is 2.81. The largest absolute Gasteiger partial charge is 0.356 e. The molecule has 0 fully saturated rings. The molecule has 0 saturated heterocycles. The summed E-state index contributed by atoms with van der Waals surface area (Å²) in [6.45, 7) is 0.560. The number of aromatic nitrogens is 3. The van der Waals surface area contributed by atoms with E-state index in [0.29, 0.717) is 12.4 Å². The maximum Gasteiger partial charge on any atom is 0.185 e. The highest BCUT2D eigenvalue weighted by Crippen LogP contribution is 2.19. The van der Waals surface area contributed by atoms with Crippen LogP contribution < -0.4 is 0 Å². The number of hydrogen-bond donors (Lipinski definition) is 0. The molecule has 2 heterocycles. The predicted octanol–water partition coefficient (Wildman–Crippen LogP) is 2.20. The highest BCUT2D eigenvalue weighted by atomic mass is 16.5. The number of hydrogen-bond acceptors (Lipinski definition) is 4. The molecule has 0 bridgehead atoms. The Labute approximate surface area is 109 Å². The van der Waals surface area contributed by atoms with Gasteiger partial charge in [-0.15, -0.1) is 0 Å². The minimum absolute atomic E-state index is 0.374. The fourth-order valence-corrected chi connectivity index (χ4v) is 1.84. The van der Waals surface area contributed by atoms with E-state index >= 15 is 0 Å². The molecule has 3 rings (SSSR count). The van der Waals surface area contributed by atoms with Crippen LogP contribution in [-0.2, 0) is 6.54 Å². The van der Waals surface area contributed by atoms with Gasteiger partial charge in [-0.25, -0.2) is 4.98 Å². The molecule has 5 nitrogen and oxygen atoms in total. The van der Waals surface area contributed by atoms with E-state index in [2.05, 4.69) is 16.3 Å². The Bertz CT molecular complexity index is 669. The number of rotatable bonds is 4. The van der Waals surface area contributed by atoms with E-state index in [-0.39, 0.29) is 0 Å². The second-order valence-corrected chi connectivity index (χ2v) is 4.02. The second-order valence-electron chi connectivity index (χ2n) is 4.02. The number of imidazole rings is 1. The number of carbonyl (C=O) groups is 1. The Balaban J connectivity index is 1.82. The first-order chi connectivity index (χ1) is 9.36. The minimum Gasteiger partial charge on any atom is -0.356 e. The molecule has 5 heteroatoms. The van der Waals surface area contributed by atoms with Gasteiger partial charge in [-0.2, -0.15) is 0 Å². The first-order valence-corrected chi connectivity index (χ1v) is 5.75. The van der Waals surface area contributed by atoms with Gasteiger partial charge in [0.2, 0.25) is 0 Å². The van der Waals surface area contributed by atoms with Gasteiger partial charge in [0.15, 0.2) is 17.9 Å². The van der Waals surface area contributed by atoms with Crippen LogP contribution in [0.3, 0.4) is 0 Å². The Morgan fingerprint density at radius 1 is 1.26 bits per heavy atom. The summed E-state index contributed by atoms with van der Waals surface area (Å²) >= 11 is 0. The van der Waals surface area contributed by atoms with Gasteiger partial charge in [-0.1, -0.05) is 29.4 Å². The summed E-state index contributed by atoms with van der Waals surface area (Å²) < 4.78 is 6.76. The van der Waals surface area contributed by atoms with Crippen molar-refractivity contribution in [1.82, 2.24) is 14.7 Å². The first-order valence-electron chi connectivity index (χ1n) is 5.75. The van der Waals surface area contributed by atoms with Crippen LogP contribution in [0.4, 0.5) is 0 Å². The van der Waals surface area contributed by atoms with Gasteiger partial charge in [-0.3, -0.25) is 4.79 Å². The van der Waals surface area contributed by atoms with Gasteiger partial charge in [0.05, 0.1) is 18.6 Å². The summed E-state index contributed by atoms with van der Waals surface area (Å²) in [6.07, 6.45) is 6.72. The molecule has 0 atom stereocenters. The lowest BCUT2D eigenvalue weighted by Crippen LogP contribution is -2.03. The average Bonchev–Trinajstić information content (AvgIpc) is 3.10. The molecule has 0 aliphatic rings. The number of carbonyl (C=O) groups excluding carboxylic acids is 1. The van der Waals surface area contributed by atoms with E-state index < -0.39 is 0 Å². The molecule has 0 aliphatic heterocycles. The summed E-state index contributed by atoms with van der Waals surface area (Å²) in [5, 5.41) is 3.67.